The lowest BCUT2D eigenvalue weighted by Crippen LogP contribution is -2.34. The molecule has 0 aliphatic carbocycles. The molecule has 0 spiro atoms. The molecule has 0 fully saturated rings. The summed E-state index contributed by atoms with van der Waals surface area (Å²) in [5.74, 6) is 0.799. The van der Waals surface area contributed by atoms with Gasteiger partial charge in [0.05, 0.1) is 13.7 Å². The van der Waals surface area contributed by atoms with Crippen molar-refractivity contribution < 1.29 is 9.53 Å². The number of hydrogen-bond donors (Lipinski definition) is 2. The summed E-state index contributed by atoms with van der Waals surface area (Å²) in [7, 11) is 5.72. The van der Waals surface area contributed by atoms with E-state index in [0.717, 1.165) is 30.8 Å². The molecule has 2 N–H and O–H groups in total. The van der Waals surface area contributed by atoms with Crippen molar-refractivity contribution in [3.8, 4) is 5.75 Å². The van der Waals surface area contributed by atoms with Gasteiger partial charge in [-0.1, -0.05) is 18.2 Å². The fourth-order valence-corrected chi connectivity index (χ4v) is 1.83. The van der Waals surface area contributed by atoms with Crippen molar-refractivity contribution in [3.63, 3.8) is 0 Å². The van der Waals surface area contributed by atoms with Crippen LogP contribution in [-0.2, 0) is 11.3 Å². The molecule has 1 aromatic rings. The van der Waals surface area contributed by atoms with Crippen molar-refractivity contribution in [3.05, 3.63) is 29.8 Å². The molecule has 0 radical (unpaired) electrons. The fourth-order valence-electron chi connectivity index (χ4n) is 1.83. The van der Waals surface area contributed by atoms with Gasteiger partial charge in [-0.05, 0) is 39.7 Å². The molecule has 1 aromatic carbocycles. The zero-order valence-electron chi connectivity index (χ0n) is 12.6. The highest BCUT2D eigenvalue weighted by Crippen LogP contribution is 2.16. The zero-order valence-corrected chi connectivity index (χ0v) is 12.6. The third-order valence-corrected chi connectivity index (χ3v) is 2.91. The number of rotatable bonds is 9. The van der Waals surface area contributed by atoms with Crippen molar-refractivity contribution in [2.45, 2.75) is 13.0 Å². The first kappa shape index (κ1) is 16.5. The molecule has 1 amide bonds. The van der Waals surface area contributed by atoms with Crippen molar-refractivity contribution >= 4 is 5.91 Å². The van der Waals surface area contributed by atoms with E-state index in [1.54, 1.807) is 7.11 Å². The minimum absolute atomic E-state index is 0.000703. The van der Waals surface area contributed by atoms with Gasteiger partial charge in [-0.15, -0.1) is 0 Å². The third-order valence-electron chi connectivity index (χ3n) is 2.91. The van der Waals surface area contributed by atoms with E-state index < -0.39 is 0 Å². The number of para-hydroxylation sites is 1. The van der Waals surface area contributed by atoms with Crippen LogP contribution in [0.2, 0.25) is 0 Å². The molecule has 0 saturated heterocycles. The van der Waals surface area contributed by atoms with Gasteiger partial charge in [-0.3, -0.25) is 4.79 Å². The number of methoxy groups -OCH3 is 1. The molecule has 0 saturated carbocycles. The predicted molar refractivity (Wildman–Crippen MR) is 80.9 cm³/mol. The second-order valence-corrected chi connectivity index (χ2v) is 4.92. The minimum Gasteiger partial charge on any atom is -0.496 e. The SMILES string of the molecule is COc1ccccc1CNC(=O)CNCCCN(C)C. The number of nitrogens with zero attached hydrogens (tertiary/aromatic N) is 1. The summed E-state index contributed by atoms with van der Waals surface area (Å²) in [5.41, 5.74) is 0.982. The predicted octanol–water partition coefficient (Wildman–Crippen LogP) is 0.853. The molecule has 0 aromatic heterocycles. The van der Waals surface area contributed by atoms with Crippen LogP contribution < -0.4 is 15.4 Å². The molecule has 20 heavy (non-hydrogen) atoms. The van der Waals surface area contributed by atoms with Gasteiger partial charge < -0.3 is 20.3 Å². The Bertz CT molecular complexity index is 408. The van der Waals surface area contributed by atoms with Crippen LogP contribution in [0, 0.1) is 0 Å². The average Bonchev–Trinajstić information content (AvgIpc) is 2.44. The van der Waals surface area contributed by atoms with Crippen molar-refractivity contribution in [1.82, 2.24) is 15.5 Å². The highest BCUT2D eigenvalue weighted by atomic mass is 16.5. The molecule has 0 unspecified atom stereocenters. The molecule has 112 valence electrons. The lowest BCUT2D eigenvalue weighted by atomic mass is 10.2. The first-order valence-electron chi connectivity index (χ1n) is 6.87. The maximum atomic E-state index is 11.7. The zero-order chi connectivity index (χ0) is 14.8. The maximum absolute atomic E-state index is 11.7. The smallest absolute Gasteiger partial charge is 0.234 e. The first-order chi connectivity index (χ1) is 9.63. The van der Waals surface area contributed by atoms with Crippen LogP contribution in [0.25, 0.3) is 0 Å². The highest BCUT2D eigenvalue weighted by molar-refractivity contribution is 5.78. The summed E-state index contributed by atoms with van der Waals surface area (Å²) in [5, 5.41) is 6.02. The topological polar surface area (TPSA) is 53.6 Å². The molecule has 5 nitrogen and oxygen atoms in total. The third kappa shape index (κ3) is 6.54. The van der Waals surface area contributed by atoms with Gasteiger partial charge in [0.1, 0.15) is 5.75 Å². The molecule has 0 aliphatic heterocycles. The summed E-state index contributed by atoms with van der Waals surface area (Å²) >= 11 is 0. The molecular formula is C15H25N3O2. The minimum atomic E-state index is 0.000703. The van der Waals surface area contributed by atoms with Gasteiger partial charge in [-0.25, -0.2) is 0 Å². The largest absolute Gasteiger partial charge is 0.496 e. The molecule has 0 atom stereocenters. The number of carbonyl (C=O) groups excluding carboxylic acids is 1. The van der Waals surface area contributed by atoms with E-state index in [1.165, 1.54) is 0 Å². The van der Waals surface area contributed by atoms with E-state index in [1.807, 2.05) is 38.4 Å². The number of hydrogen-bond acceptors (Lipinski definition) is 4. The van der Waals surface area contributed by atoms with E-state index in [0.29, 0.717) is 13.1 Å². The molecule has 0 bridgehead atoms. The summed E-state index contributed by atoms with van der Waals surface area (Å²) in [4.78, 5) is 13.8. The van der Waals surface area contributed by atoms with Crippen molar-refractivity contribution in [2.24, 2.45) is 0 Å². The van der Waals surface area contributed by atoms with Gasteiger partial charge >= 0.3 is 0 Å². The van der Waals surface area contributed by atoms with Crippen LogP contribution in [-0.4, -0.2) is 51.6 Å². The van der Waals surface area contributed by atoms with E-state index in [4.69, 9.17) is 4.74 Å². The number of ether oxygens (including phenoxy) is 1. The van der Waals surface area contributed by atoms with Crippen LogP contribution in [0.5, 0.6) is 5.75 Å². The van der Waals surface area contributed by atoms with E-state index in [9.17, 15) is 4.79 Å². The second-order valence-electron chi connectivity index (χ2n) is 4.92. The Labute approximate surface area is 121 Å². The number of carbonyl (C=O) groups is 1. The Morgan fingerprint density at radius 1 is 1.30 bits per heavy atom. The van der Waals surface area contributed by atoms with Crippen LogP contribution in [0.3, 0.4) is 0 Å². The van der Waals surface area contributed by atoms with E-state index >= 15 is 0 Å². The number of amides is 1. The lowest BCUT2D eigenvalue weighted by Gasteiger charge is -2.11. The Morgan fingerprint density at radius 3 is 2.75 bits per heavy atom. The summed E-state index contributed by atoms with van der Waals surface area (Å²) in [6, 6.07) is 7.69. The van der Waals surface area contributed by atoms with Crippen LogP contribution in [0.15, 0.2) is 24.3 Å². The van der Waals surface area contributed by atoms with Crippen molar-refractivity contribution in [1.29, 1.82) is 0 Å². The van der Waals surface area contributed by atoms with Gasteiger partial charge in [0.25, 0.3) is 0 Å². The quantitative estimate of drug-likeness (QED) is 0.658. The number of nitrogens with one attached hydrogen (secondary N) is 2. The van der Waals surface area contributed by atoms with Gasteiger partial charge in [0, 0.05) is 12.1 Å². The van der Waals surface area contributed by atoms with Crippen LogP contribution >= 0.6 is 0 Å². The molecule has 0 heterocycles. The Hall–Kier alpha value is -1.59. The molecule has 0 aliphatic rings. The normalized spacial score (nSPS) is 10.6. The van der Waals surface area contributed by atoms with Crippen molar-refractivity contribution in [2.75, 3.05) is 40.8 Å². The molecule has 1 rings (SSSR count). The van der Waals surface area contributed by atoms with Gasteiger partial charge in [-0.2, -0.15) is 0 Å². The molecule has 5 heteroatoms. The Morgan fingerprint density at radius 2 is 2.05 bits per heavy atom. The summed E-state index contributed by atoms with van der Waals surface area (Å²) in [6.07, 6.45) is 1.03. The van der Waals surface area contributed by atoms with E-state index in [2.05, 4.69) is 15.5 Å². The summed E-state index contributed by atoms with van der Waals surface area (Å²) in [6.45, 7) is 2.71. The first-order valence-corrected chi connectivity index (χ1v) is 6.87. The monoisotopic (exact) mass is 279 g/mol. The Balaban J connectivity index is 2.19. The van der Waals surface area contributed by atoms with Gasteiger partial charge in [0.15, 0.2) is 0 Å². The van der Waals surface area contributed by atoms with Gasteiger partial charge in [0.2, 0.25) is 5.91 Å². The van der Waals surface area contributed by atoms with Crippen LogP contribution in [0.4, 0.5) is 0 Å². The van der Waals surface area contributed by atoms with E-state index in [-0.39, 0.29) is 5.91 Å². The maximum Gasteiger partial charge on any atom is 0.234 e. The molecular weight excluding hydrogens is 254 g/mol. The highest BCUT2D eigenvalue weighted by Gasteiger charge is 2.04. The fraction of sp³-hybridized carbons (Fsp3) is 0.533. The number of benzene rings is 1. The standard InChI is InChI=1S/C15H25N3O2/c1-18(2)10-6-9-16-12-15(19)17-11-13-7-4-5-8-14(13)20-3/h4-5,7-8,16H,6,9-12H2,1-3H3,(H,17,19). The van der Waals surface area contributed by atoms with Crippen LogP contribution in [0.1, 0.15) is 12.0 Å². The second kappa shape index (κ2) is 9.34. The Kier molecular flexibility index (Phi) is 7.69. The average molecular weight is 279 g/mol. The lowest BCUT2D eigenvalue weighted by molar-refractivity contribution is -0.120. The summed E-state index contributed by atoms with van der Waals surface area (Å²) < 4.78 is 5.24.